The van der Waals surface area contributed by atoms with E-state index in [-0.39, 0.29) is 5.25 Å². The molecule has 2 nitrogen and oxygen atoms in total. The molecule has 3 heteroatoms. The first kappa shape index (κ1) is 11.7. The maximum Gasteiger partial charge on any atom is 0.133 e. The van der Waals surface area contributed by atoms with E-state index in [1.165, 1.54) is 12.8 Å². The summed E-state index contributed by atoms with van der Waals surface area (Å²) < 4.78 is 0. The molecule has 70 valence electrons. The lowest BCUT2D eigenvalue weighted by atomic mass is 10.3. The van der Waals surface area contributed by atoms with Crippen LogP contribution in [0.4, 0.5) is 0 Å². The fraction of sp³-hybridized carbons (Fsp3) is 0.778. The van der Waals surface area contributed by atoms with Crippen LogP contribution in [0.25, 0.3) is 0 Å². The standard InChI is InChI=1S/C9H16O2S/c1-2-3-4-7-12-9(8-11)5-6-10/h6,8-9H,2-5,7H2,1H3. The molecule has 12 heavy (non-hydrogen) atoms. The lowest BCUT2D eigenvalue weighted by Crippen LogP contribution is -2.05. The molecule has 0 aliphatic heterocycles. The van der Waals surface area contributed by atoms with Crippen molar-refractivity contribution in [2.45, 2.75) is 37.9 Å². The zero-order valence-corrected chi connectivity index (χ0v) is 8.31. The summed E-state index contributed by atoms with van der Waals surface area (Å²) >= 11 is 1.59. The second-order valence-corrected chi connectivity index (χ2v) is 4.00. The first-order valence-electron chi connectivity index (χ1n) is 4.35. The largest absolute Gasteiger partial charge is 0.303 e. The maximum atomic E-state index is 10.4. The van der Waals surface area contributed by atoms with E-state index >= 15 is 0 Å². The number of carbonyl (C=O) groups is 2. The zero-order chi connectivity index (χ0) is 9.23. The molecular weight excluding hydrogens is 172 g/mol. The number of hydrogen-bond donors (Lipinski definition) is 0. The summed E-state index contributed by atoms with van der Waals surface area (Å²) in [5.41, 5.74) is 0. The molecular formula is C9H16O2S. The van der Waals surface area contributed by atoms with Gasteiger partial charge in [-0.25, -0.2) is 0 Å². The van der Waals surface area contributed by atoms with Crippen molar-refractivity contribution >= 4 is 24.3 Å². The summed E-state index contributed by atoms with van der Waals surface area (Å²) in [5.74, 6) is 0.991. The van der Waals surface area contributed by atoms with Crippen molar-refractivity contribution in [1.29, 1.82) is 0 Å². The van der Waals surface area contributed by atoms with Crippen molar-refractivity contribution in [3.63, 3.8) is 0 Å². The molecule has 0 aromatic rings. The smallest absolute Gasteiger partial charge is 0.133 e. The molecule has 0 saturated heterocycles. The Morgan fingerprint density at radius 3 is 2.58 bits per heavy atom. The van der Waals surface area contributed by atoms with E-state index in [0.717, 1.165) is 24.7 Å². The molecule has 0 fully saturated rings. The number of hydrogen-bond acceptors (Lipinski definition) is 3. The van der Waals surface area contributed by atoms with Crippen LogP contribution in [0.3, 0.4) is 0 Å². The van der Waals surface area contributed by atoms with Gasteiger partial charge in [-0.2, -0.15) is 11.8 Å². The first-order chi connectivity index (χ1) is 5.85. The van der Waals surface area contributed by atoms with E-state index in [1.54, 1.807) is 11.8 Å². The normalized spacial score (nSPS) is 12.4. The molecule has 1 atom stereocenters. The summed E-state index contributed by atoms with van der Waals surface area (Å²) in [7, 11) is 0. The van der Waals surface area contributed by atoms with Gasteiger partial charge in [0.05, 0.1) is 5.25 Å². The third kappa shape index (κ3) is 6.40. The molecule has 0 aliphatic rings. The van der Waals surface area contributed by atoms with Gasteiger partial charge in [0.2, 0.25) is 0 Å². The monoisotopic (exact) mass is 188 g/mol. The van der Waals surface area contributed by atoms with E-state index < -0.39 is 0 Å². The van der Waals surface area contributed by atoms with Crippen LogP contribution in [0.15, 0.2) is 0 Å². The molecule has 0 saturated carbocycles. The number of carbonyl (C=O) groups excluding carboxylic acids is 2. The SMILES string of the molecule is CCCCCSC(C=O)CC=O. The highest BCUT2D eigenvalue weighted by Gasteiger charge is 2.05. The molecule has 0 aliphatic carbocycles. The molecule has 0 aromatic heterocycles. The highest BCUT2D eigenvalue weighted by Crippen LogP contribution is 2.13. The highest BCUT2D eigenvalue weighted by molar-refractivity contribution is 8.00. The van der Waals surface area contributed by atoms with E-state index in [1.807, 2.05) is 0 Å². The minimum Gasteiger partial charge on any atom is -0.303 e. The number of rotatable bonds is 8. The molecule has 1 unspecified atom stereocenters. The van der Waals surface area contributed by atoms with Gasteiger partial charge in [0, 0.05) is 6.42 Å². The number of unbranched alkanes of at least 4 members (excludes halogenated alkanes) is 2. The summed E-state index contributed by atoms with van der Waals surface area (Å²) in [6, 6.07) is 0. The van der Waals surface area contributed by atoms with Gasteiger partial charge < -0.3 is 9.59 Å². The highest BCUT2D eigenvalue weighted by atomic mass is 32.2. The van der Waals surface area contributed by atoms with Gasteiger partial charge in [-0.15, -0.1) is 0 Å². The summed E-state index contributed by atoms with van der Waals surface area (Å²) in [6.07, 6.45) is 5.58. The lowest BCUT2D eigenvalue weighted by Gasteiger charge is -2.04. The summed E-state index contributed by atoms with van der Waals surface area (Å²) in [4.78, 5) is 20.5. The Morgan fingerprint density at radius 2 is 2.08 bits per heavy atom. The van der Waals surface area contributed by atoms with Crippen LogP contribution in [0.5, 0.6) is 0 Å². The Hall–Kier alpha value is -0.310. The minimum absolute atomic E-state index is 0.112. The van der Waals surface area contributed by atoms with Crippen LogP contribution in [0.2, 0.25) is 0 Å². The van der Waals surface area contributed by atoms with Crippen LogP contribution < -0.4 is 0 Å². The molecule has 0 bridgehead atoms. The molecule has 0 spiro atoms. The predicted octanol–water partition coefficient (Wildman–Crippen LogP) is 2.07. The number of aldehydes is 2. The van der Waals surface area contributed by atoms with Crippen molar-refractivity contribution < 1.29 is 9.59 Å². The quantitative estimate of drug-likeness (QED) is 0.432. The third-order valence-corrected chi connectivity index (χ3v) is 2.82. The van der Waals surface area contributed by atoms with Gasteiger partial charge in [0.15, 0.2) is 0 Å². The molecule has 0 N–H and O–H groups in total. The second-order valence-electron chi connectivity index (χ2n) is 2.65. The predicted molar refractivity (Wildman–Crippen MR) is 52.5 cm³/mol. The molecule has 0 aromatic carbocycles. The molecule has 0 amide bonds. The maximum absolute atomic E-state index is 10.4. The Bertz CT molecular complexity index is 126. The first-order valence-corrected chi connectivity index (χ1v) is 5.40. The second kappa shape index (κ2) is 8.78. The fourth-order valence-electron chi connectivity index (χ4n) is 0.844. The van der Waals surface area contributed by atoms with Gasteiger partial charge in [-0.3, -0.25) is 0 Å². The van der Waals surface area contributed by atoms with Crippen molar-refractivity contribution in [3.05, 3.63) is 0 Å². The van der Waals surface area contributed by atoms with Gasteiger partial charge in [-0.05, 0) is 12.2 Å². The van der Waals surface area contributed by atoms with Gasteiger partial charge >= 0.3 is 0 Å². The Balaban J connectivity index is 3.31. The van der Waals surface area contributed by atoms with E-state index in [4.69, 9.17) is 0 Å². The van der Waals surface area contributed by atoms with Gasteiger partial charge in [-0.1, -0.05) is 19.8 Å². The van der Waals surface area contributed by atoms with Crippen LogP contribution in [-0.2, 0) is 9.59 Å². The Morgan fingerprint density at radius 1 is 1.33 bits per heavy atom. The van der Waals surface area contributed by atoms with Crippen LogP contribution >= 0.6 is 11.8 Å². The van der Waals surface area contributed by atoms with Crippen molar-refractivity contribution in [2.24, 2.45) is 0 Å². The van der Waals surface area contributed by atoms with Crippen molar-refractivity contribution in [3.8, 4) is 0 Å². The topological polar surface area (TPSA) is 34.1 Å². The van der Waals surface area contributed by atoms with E-state index in [0.29, 0.717) is 6.42 Å². The van der Waals surface area contributed by atoms with Gasteiger partial charge in [0.1, 0.15) is 12.6 Å². The third-order valence-electron chi connectivity index (χ3n) is 1.56. The van der Waals surface area contributed by atoms with Crippen molar-refractivity contribution in [2.75, 3.05) is 5.75 Å². The molecule has 0 heterocycles. The van der Waals surface area contributed by atoms with Crippen molar-refractivity contribution in [1.82, 2.24) is 0 Å². The van der Waals surface area contributed by atoms with Crippen LogP contribution in [0.1, 0.15) is 32.6 Å². The zero-order valence-electron chi connectivity index (χ0n) is 7.49. The minimum atomic E-state index is -0.112. The molecule has 0 rings (SSSR count). The Labute approximate surface area is 78.1 Å². The van der Waals surface area contributed by atoms with Gasteiger partial charge in [0.25, 0.3) is 0 Å². The van der Waals surface area contributed by atoms with E-state index in [2.05, 4.69) is 6.92 Å². The van der Waals surface area contributed by atoms with E-state index in [9.17, 15) is 9.59 Å². The lowest BCUT2D eigenvalue weighted by molar-refractivity contribution is -0.111. The number of thioether (sulfide) groups is 1. The molecule has 0 radical (unpaired) electrons. The Kier molecular flexibility index (Phi) is 8.56. The summed E-state index contributed by atoms with van der Waals surface area (Å²) in [5, 5.41) is -0.112. The van der Waals surface area contributed by atoms with Crippen LogP contribution in [-0.4, -0.2) is 23.6 Å². The van der Waals surface area contributed by atoms with Crippen LogP contribution in [0, 0.1) is 0 Å². The summed E-state index contributed by atoms with van der Waals surface area (Å²) in [6.45, 7) is 2.15. The average Bonchev–Trinajstić information content (AvgIpc) is 2.10. The average molecular weight is 188 g/mol. The fourth-order valence-corrected chi connectivity index (χ4v) is 1.81.